The van der Waals surface area contributed by atoms with Crippen molar-refractivity contribution in [3.8, 4) is 5.75 Å². The van der Waals surface area contributed by atoms with Gasteiger partial charge in [-0.25, -0.2) is 0 Å². The van der Waals surface area contributed by atoms with Crippen molar-refractivity contribution >= 4 is 40.4 Å². The standard InChI is InChI=1S/C18H20Cl2N2O3S/c19-14-1-2-17(15(20)9-14)25-11-18(23)21-10-16(13-3-8-26-12-13)22-4-6-24-7-5-22/h1-3,8-9,12,16H,4-7,10-11H2,(H,21,23)/t16-/m0/s1. The predicted octanol–water partition coefficient (Wildman–Crippen LogP) is 3.62. The van der Waals surface area contributed by atoms with Crippen LogP contribution in [0, 0.1) is 0 Å². The molecule has 3 rings (SSSR count). The van der Waals surface area contributed by atoms with Gasteiger partial charge in [-0.1, -0.05) is 23.2 Å². The Morgan fingerprint density at radius 3 is 2.81 bits per heavy atom. The van der Waals surface area contributed by atoms with Crippen LogP contribution in [0.3, 0.4) is 0 Å². The molecule has 1 amide bonds. The third kappa shape index (κ3) is 5.34. The van der Waals surface area contributed by atoms with Gasteiger partial charge in [0.25, 0.3) is 5.91 Å². The Labute approximate surface area is 166 Å². The Morgan fingerprint density at radius 2 is 2.12 bits per heavy atom. The first-order valence-electron chi connectivity index (χ1n) is 8.32. The lowest BCUT2D eigenvalue weighted by Crippen LogP contribution is -2.44. The number of halogens is 2. The van der Waals surface area contributed by atoms with E-state index in [0.717, 1.165) is 13.1 Å². The molecule has 0 saturated carbocycles. The molecule has 0 spiro atoms. The monoisotopic (exact) mass is 414 g/mol. The van der Waals surface area contributed by atoms with Gasteiger partial charge in [0.05, 0.1) is 24.3 Å². The van der Waals surface area contributed by atoms with Crippen LogP contribution in [0.4, 0.5) is 0 Å². The maximum Gasteiger partial charge on any atom is 0.258 e. The summed E-state index contributed by atoms with van der Waals surface area (Å²) >= 11 is 13.6. The van der Waals surface area contributed by atoms with E-state index in [4.69, 9.17) is 32.7 Å². The van der Waals surface area contributed by atoms with Crippen molar-refractivity contribution in [1.29, 1.82) is 0 Å². The maximum absolute atomic E-state index is 12.2. The zero-order valence-corrected chi connectivity index (χ0v) is 16.4. The number of carbonyl (C=O) groups excluding carboxylic acids is 1. The fraction of sp³-hybridized carbons (Fsp3) is 0.389. The van der Waals surface area contributed by atoms with E-state index in [1.807, 2.05) is 0 Å². The lowest BCUT2D eigenvalue weighted by molar-refractivity contribution is -0.123. The van der Waals surface area contributed by atoms with Crippen LogP contribution in [0.25, 0.3) is 0 Å². The van der Waals surface area contributed by atoms with E-state index in [0.29, 0.717) is 35.6 Å². The Morgan fingerprint density at radius 1 is 1.31 bits per heavy atom. The molecule has 8 heteroatoms. The Balaban J connectivity index is 1.53. The van der Waals surface area contributed by atoms with Gasteiger partial charge in [-0.3, -0.25) is 9.69 Å². The molecule has 1 N–H and O–H groups in total. The molecule has 1 saturated heterocycles. The third-order valence-corrected chi connectivity index (χ3v) is 5.39. The second-order valence-corrected chi connectivity index (χ2v) is 7.51. The molecule has 140 valence electrons. The smallest absolute Gasteiger partial charge is 0.258 e. The topological polar surface area (TPSA) is 50.8 Å². The lowest BCUT2D eigenvalue weighted by atomic mass is 10.1. The highest BCUT2D eigenvalue weighted by atomic mass is 35.5. The molecular formula is C18H20Cl2N2O3S. The molecule has 0 unspecified atom stereocenters. The minimum Gasteiger partial charge on any atom is -0.482 e. The van der Waals surface area contributed by atoms with Gasteiger partial charge in [0.1, 0.15) is 5.75 Å². The quantitative estimate of drug-likeness (QED) is 0.751. The van der Waals surface area contributed by atoms with Gasteiger partial charge in [-0.15, -0.1) is 0 Å². The van der Waals surface area contributed by atoms with Gasteiger partial charge in [0.15, 0.2) is 6.61 Å². The van der Waals surface area contributed by atoms with Gasteiger partial charge in [0.2, 0.25) is 0 Å². The molecule has 2 aromatic rings. The van der Waals surface area contributed by atoms with Crippen molar-refractivity contribution in [2.45, 2.75) is 6.04 Å². The van der Waals surface area contributed by atoms with Gasteiger partial charge >= 0.3 is 0 Å². The first-order valence-corrected chi connectivity index (χ1v) is 10.0. The number of thiophene rings is 1. The van der Waals surface area contributed by atoms with E-state index in [1.165, 1.54) is 5.56 Å². The Hall–Kier alpha value is -1.31. The summed E-state index contributed by atoms with van der Waals surface area (Å²) in [4.78, 5) is 14.5. The summed E-state index contributed by atoms with van der Waals surface area (Å²) < 4.78 is 10.9. The lowest BCUT2D eigenvalue weighted by Gasteiger charge is -2.34. The molecule has 0 bridgehead atoms. The van der Waals surface area contributed by atoms with Crippen LogP contribution in [-0.4, -0.2) is 50.3 Å². The summed E-state index contributed by atoms with van der Waals surface area (Å²) in [5.41, 5.74) is 1.21. The third-order valence-electron chi connectivity index (χ3n) is 4.16. The molecule has 1 fully saturated rings. The number of amides is 1. The summed E-state index contributed by atoms with van der Waals surface area (Å²) in [6, 6.07) is 7.14. The fourth-order valence-corrected chi connectivity index (χ4v) is 3.98. The number of carbonyl (C=O) groups is 1. The maximum atomic E-state index is 12.2. The zero-order chi connectivity index (χ0) is 18.4. The molecule has 0 radical (unpaired) electrons. The molecule has 1 aliphatic rings. The van der Waals surface area contributed by atoms with Crippen LogP contribution in [0.2, 0.25) is 10.0 Å². The van der Waals surface area contributed by atoms with Crippen molar-refractivity contribution in [3.63, 3.8) is 0 Å². The molecule has 1 aliphatic heterocycles. The number of ether oxygens (including phenoxy) is 2. The number of rotatable bonds is 7. The van der Waals surface area contributed by atoms with Crippen LogP contribution >= 0.6 is 34.5 Å². The molecule has 1 aromatic carbocycles. The first kappa shape index (κ1) is 19.5. The van der Waals surface area contributed by atoms with E-state index in [-0.39, 0.29) is 18.6 Å². The highest BCUT2D eigenvalue weighted by Gasteiger charge is 2.23. The second kappa shape index (κ2) is 9.58. The summed E-state index contributed by atoms with van der Waals surface area (Å²) in [6.07, 6.45) is 0. The van der Waals surface area contributed by atoms with Crippen LogP contribution in [0.15, 0.2) is 35.0 Å². The van der Waals surface area contributed by atoms with Gasteiger partial charge in [0, 0.05) is 24.7 Å². The number of nitrogens with one attached hydrogen (secondary N) is 1. The van der Waals surface area contributed by atoms with Gasteiger partial charge < -0.3 is 14.8 Å². The van der Waals surface area contributed by atoms with E-state index < -0.39 is 0 Å². The number of hydrogen-bond acceptors (Lipinski definition) is 5. The summed E-state index contributed by atoms with van der Waals surface area (Å²) in [7, 11) is 0. The molecule has 1 atom stereocenters. The van der Waals surface area contributed by atoms with Crippen LogP contribution in [0.5, 0.6) is 5.75 Å². The van der Waals surface area contributed by atoms with Crippen molar-refractivity contribution in [2.24, 2.45) is 0 Å². The number of hydrogen-bond donors (Lipinski definition) is 1. The first-order chi connectivity index (χ1) is 12.6. The largest absolute Gasteiger partial charge is 0.482 e. The van der Waals surface area contributed by atoms with Crippen LogP contribution < -0.4 is 10.1 Å². The SMILES string of the molecule is O=C(COc1ccc(Cl)cc1Cl)NC[C@@H](c1ccsc1)N1CCOCC1. The molecule has 1 aromatic heterocycles. The van der Waals surface area contributed by atoms with Crippen molar-refractivity contribution in [2.75, 3.05) is 39.5 Å². The number of morpholine rings is 1. The molecule has 5 nitrogen and oxygen atoms in total. The molecule has 2 heterocycles. The summed E-state index contributed by atoms with van der Waals surface area (Å²) in [5.74, 6) is 0.248. The van der Waals surface area contributed by atoms with E-state index in [9.17, 15) is 4.79 Å². The van der Waals surface area contributed by atoms with Crippen molar-refractivity contribution in [3.05, 3.63) is 50.6 Å². The van der Waals surface area contributed by atoms with Crippen molar-refractivity contribution < 1.29 is 14.3 Å². The second-order valence-electron chi connectivity index (χ2n) is 5.89. The minimum absolute atomic E-state index is 0.0964. The minimum atomic E-state index is -0.190. The molecular weight excluding hydrogens is 395 g/mol. The highest BCUT2D eigenvalue weighted by molar-refractivity contribution is 7.08. The Bertz CT molecular complexity index is 721. The average Bonchev–Trinajstić information content (AvgIpc) is 3.16. The Kier molecular flexibility index (Phi) is 7.16. The van der Waals surface area contributed by atoms with Gasteiger partial charge in [-0.2, -0.15) is 11.3 Å². The van der Waals surface area contributed by atoms with Gasteiger partial charge in [-0.05, 0) is 40.6 Å². The average molecular weight is 415 g/mol. The van der Waals surface area contributed by atoms with Crippen LogP contribution in [0.1, 0.15) is 11.6 Å². The normalized spacial score (nSPS) is 16.2. The zero-order valence-electron chi connectivity index (χ0n) is 14.1. The molecule has 26 heavy (non-hydrogen) atoms. The van der Waals surface area contributed by atoms with E-state index in [1.54, 1.807) is 29.5 Å². The van der Waals surface area contributed by atoms with Crippen molar-refractivity contribution in [1.82, 2.24) is 10.2 Å². The fourth-order valence-electron chi connectivity index (χ4n) is 2.81. The number of benzene rings is 1. The molecule has 0 aliphatic carbocycles. The van der Waals surface area contributed by atoms with Crippen LogP contribution in [-0.2, 0) is 9.53 Å². The summed E-state index contributed by atoms with van der Waals surface area (Å²) in [5, 5.41) is 8.04. The predicted molar refractivity (Wildman–Crippen MR) is 104 cm³/mol. The van der Waals surface area contributed by atoms with E-state index in [2.05, 4.69) is 27.0 Å². The number of nitrogens with zero attached hydrogens (tertiary/aromatic N) is 1. The van der Waals surface area contributed by atoms with E-state index >= 15 is 0 Å². The summed E-state index contributed by atoms with van der Waals surface area (Å²) in [6.45, 7) is 3.56. The highest BCUT2D eigenvalue weighted by Crippen LogP contribution is 2.27.